The van der Waals surface area contributed by atoms with E-state index in [9.17, 15) is 9.59 Å². The number of hydrogen-bond acceptors (Lipinski definition) is 5. The first-order chi connectivity index (χ1) is 13.5. The van der Waals surface area contributed by atoms with Crippen molar-refractivity contribution in [3.8, 4) is 0 Å². The molecular weight excluding hydrogens is 363 g/mol. The van der Waals surface area contributed by atoms with Gasteiger partial charge in [-0.1, -0.05) is 18.2 Å². The van der Waals surface area contributed by atoms with Crippen LogP contribution in [0.4, 0.5) is 15.0 Å². The Labute approximate surface area is 163 Å². The standard InChI is InChI=1S/C20H25FN4O3/c1-22-18(26)14-28-19(27)23-11-8-20(21)9-12-25(13-10-20)17-7-6-15-4-2-3-5-16(15)24-17/h2-7H,8-14H2,1H3,(H,22,26)(H,23,27). The predicted molar refractivity (Wildman–Crippen MR) is 105 cm³/mol. The van der Waals surface area contributed by atoms with Crippen LogP contribution in [0, 0.1) is 0 Å². The molecule has 0 saturated carbocycles. The number of halogens is 1. The minimum Gasteiger partial charge on any atom is -0.439 e. The Morgan fingerprint density at radius 3 is 2.71 bits per heavy atom. The van der Waals surface area contributed by atoms with Gasteiger partial charge in [-0.25, -0.2) is 14.2 Å². The summed E-state index contributed by atoms with van der Waals surface area (Å²) >= 11 is 0. The lowest BCUT2D eigenvalue weighted by molar-refractivity contribution is -0.123. The van der Waals surface area contributed by atoms with E-state index in [1.165, 1.54) is 7.05 Å². The van der Waals surface area contributed by atoms with Gasteiger partial charge in [0.15, 0.2) is 6.61 Å². The summed E-state index contributed by atoms with van der Waals surface area (Å²) in [6.07, 6.45) is 0.235. The van der Waals surface area contributed by atoms with Gasteiger partial charge < -0.3 is 20.3 Å². The number of fused-ring (bicyclic) bond motifs is 1. The van der Waals surface area contributed by atoms with E-state index >= 15 is 4.39 Å². The first kappa shape index (κ1) is 19.9. The summed E-state index contributed by atoms with van der Waals surface area (Å²) < 4.78 is 19.8. The summed E-state index contributed by atoms with van der Waals surface area (Å²) in [7, 11) is 1.45. The van der Waals surface area contributed by atoms with Crippen LogP contribution >= 0.6 is 0 Å². The summed E-state index contributed by atoms with van der Waals surface area (Å²) in [5.41, 5.74) is -0.405. The van der Waals surface area contributed by atoms with Gasteiger partial charge in [-0.2, -0.15) is 0 Å². The van der Waals surface area contributed by atoms with Crippen LogP contribution in [-0.2, 0) is 9.53 Å². The number of carbonyl (C=O) groups excluding carboxylic acids is 2. The van der Waals surface area contributed by atoms with E-state index in [1.807, 2.05) is 36.4 Å². The maximum Gasteiger partial charge on any atom is 0.407 e. The second kappa shape index (κ2) is 8.86. The van der Waals surface area contributed by atoms with E-state index in [-0.39, 0.29) is 19.6 Å². The lowest BCUT2D eigenvalue weighted by Gasteiger charge is -2.37. The highest BCUT2D eigenvalue weighted by molar-refractivity contribution is 5.80. The molecule has 0 spiro atoms. The Kier molecular flexibility index (Phi) is 6.28. The molecule has 8 heteroatoms. The highest BCUT2D eigenvalue weighted by Gasteiger charge is 2.34. The Morgan fingerprint density at radius 2 is 1.96 bits per heavy atom. The molecule has 28 heavy (non-hydrogen) atoms. The zero-order chi connectivity index (χ0) is 20.0. The topological polar surface area (TPSA) is 83.6 Å². The van der Waals surface area contributed by atoms with Gasteiger partial charge in [0.2, 0.25) is 0 Å². The van der Waals surface area contributed by atoms with Gasteiger partial charge in [0, 0.05) is 32.1 Å². The number of pyridine rings is 1. The monoisotopic (exact) mass is 388 g/mol. The molecule has 7 nitrogen and oxygen atoms in total. The Bertz CT molecular complexity index is 837. The third-order valence-electron chi connectivity index (χ3n) is 5.02. The Balaban J connectivity index is 1.45. The number of amides is 2. The van der Waals surface area contributed by atoms with E-state index in [4.69, 9.17) is 4.74 Å². The fraction of sp³-hybridized carbons (Fsp3) is 0.450. The molecule has 1 aromatic carbocycles. The van der Waals surface area contributed by atoms with Crippen LogP contribution in [0.25, 0.3) is 10.9 Å². The van der Waals surface area contributed by atoms with E-state index in [1.54, 1.807) is 0 Å². The quantitative estimate of drug-likeness (QED) is 0.794. The van der Waals surface area contributed by atoms with Crippen molar-refractivity contribution >= 4 is 28.7 Å². The van der Waals surface area contributed by atoms with Crippen molar-refractivity contribution in [3.05, 3.63) is 36.4 Å². The zero-order valence-electron chi connectivity index (χ0n) is 15.9. The molecule has 0 bridgehead atoms. The maximum absolute atomic E-state index is 15.0. The van der Waals surface area contributed by atoms with Gasteiger partial charge >= 0.3 is 6.09 Å². The third kappa shape index (κ3) is 5.09. The molecule has 0 unspecified atom stereocenters. The van der Waals surface area contributed by atoms with Gasteiger partial charge in [0.1, 0.15) is 11.5 Å². The maximum atomic E-state index is 15.0. The van der Waals surface area contributed by atoms with Crippen LogP contribution < -0.4 is 15.5 Å². The molecule has 1 fully saturated rings. The van der Waals surface area contributed by atoms with Crippen molar-refractivity contribution < 1.29 is 18.7 Å². The molecule has 2 heterocycles. The van der Waals surface area contributed by atoms with Crippen LogP contribution in [0.2, 0.25) is 0 Å². The number of para-hydroxylation sites is 1. The number of likely N-dealkylation sites (N-methyl/N-ethyl adjacent to an activating group) is 1. The fourth-order valence-electron chi connectivity index (χ4n) is 3.26. The number of alkyl halides is 1. The van der Waals surface area contributed by atoms with Crippen LogP contribution in [0.15, 0.2) is 36.4 Å². The molecule has 1 aromatic heterocycles. The first-order valence-electron chi connectivity index (χ1n) is 9.40. The highest BCUT2D eigenvalue weighted by atomic mass is 19.1. The van der Waals surface area contributed by atoms with Crippen molar-refractivity contribution in [3.63, 3.8) is 0 Å². The number of rotatable bonds is 6. The number of ether oxygens (including phenoxy) is 1. The smallest absolute Gasteiger partial charge is 0.407 e. The lowest BCUT2D eigenvalue weighted by atomic mass is 9.90. The van der Waals surface area contributed by atoms with E-state index < -0.39 is 17.7 Å². The van der Waals surface area contributed by atoms with Crippen molar-refractivity contribution in [2.45, 2.75) is 24.9 Å². The summed E-state index contributed by atoms with van der Waals surface area (Å²) in [5, 5.41) is 5.92. The van der Waals surface area contributed by atoms with E-state index in [2.05, 4.69) is 20.5 Å². The minimum atomic E-state index is -1.33. The van der Waals surface area contributed by atoms with Crippen molar-refractivity contribution in [1.29, 1.82) is 0 Å². The number of benzene rings is 1. The summed E-state index contributed by atoms with van der Waals surface area (Å²) in [5.74, 6) is 0.462. The van der Waals surface area contributed by atoms with Crippen LogP contribution in [0.5, 0.6) is 0 Å². The Hall–Kier alpha value is -2.90. The largest absolute Gasteiger partial charge is 0.439 e. The molecule has 3 rings (SSSR count). The minimum absolute atomic E-state index is 0.164. The van der Waals surface area contributed by atoms with Gasteiger partial charge in [-0.3, -0.25) is 4.79 Å². The normalized spacial score (nSPS) is 15.9. The molecule has 2 amide bonds. The van der Waals surface area contributed by atoms with Gasteiger partial charge in [-0.15, -0.1) is 0 Å². The molecular formula is C20H25FN4O3. The fourth-order valence-corrected chi connectivity index (χ4v) is 3.26. The zero-order valence-corrected chi connectivity index (χ0v) is 15.9. The molecule has 1 aliphatic heterocycles. The van der Waals surface area contributed by atoms with Crippen LogP contribution in [-0.4, -0.2) is 55.9 Å². The van der Waals surface area contributed by atoms with E-state index in [0.717, 1.165) is 16.7 Å². The predicted octanol–water partition coefficient (Wildman–Crippen LogP) is 2.41. The molecule has 0 radical (unpaired) electrons. The molecule has 2 aromatic rings. The SMILES string of the molecule is CNC(=O)COC(=O)NCCC1(F)CCN(c2ccc3ccccc3n2)CC1. The van der Waals surface area contributed by atoms with Gasteiger partial charge in [0.05, 0.1) is 5.52 Å². The van der Waals surface area contributed by atoms with Crippen molar-refractivity contribution in [2.24, 2.45) is 0 Å². The molecule has 0 atom stereocenters. The number of hydrogen-bond donors (Lipinski definition) is 2. The number of alkyl carbamates (subject to hydrolysis) is 1. The van der Waals surface area contributed by atoms with Crippen LogP contribution in [0.1, 0.15) is 19.3 Å². The number of carbonyl (C=O) groups is 2. The lowest BCUT2D eigenvalue weighted by Crippen LogP contribution is -2.44. The van der Waals surface area contributed by atoms with Crippen LogP contribution in [0.3, 0.4) is 0 Å². The summed E-state index contributed by atoms with van der Waals surface area (Å²) in [6.45, 7) is 0.958. The number of nitrogens with zero attached hydrogens (tertiary/aromatic N) is 2. The number of piperidine rings is 1. The summed E-state index contributed by atoms with van der Waals surface area (Å²) in [4.78, 5) is 29.3. The van der Waals surface area contributed by atoms with Gasteiger partial charge in [0.25, 0.3) is 5.91 Å². The third-order valence-corrected chi connectivity index (χ3v) is 5.02. The summed E-state index contributed by atoms with van der Waals surface area (Å²) in [6, 6.07) is 11.9. The molecule has 2 N–H and O–H groups in total. The molecule has 1 aliphatic rings. The number of aromatic nitrogens is 1. The molecule has 1 saturated heterocycles. The average Bonchev–Trinajstić information content (AvgIpc) is 2.72. The molecule has 150 valence electrons. The Morgan fingerprint density at radius 1 is 1.21 bits per heavy atom. The second-order valence-electron chi connectivity index (χ2n) is 6.93. The molecule has 0 aliphatic carbocycles. The number of anilines is 1. The van der Waals surface area contributed by atoms with E-state index in [0.29, 0.717) is 25.9 Å². The number of nitrogens with one attached hydrogen (secondary N) is 2. The van der Waals surface area contributed by atoms with Crippen molar-refractivity contribution in [2.75, 3.05) is 38.2 Å². The average molecular weight is 388 g/mol. The van der Waals surface area contributed by atoms with Gasteiger partial charge in [-0.05, 0) is 37.5 Å². The van der Waals surface area contributed by atoms with Crippen molar-refractivity contribution in [1.82, 2.24) is 15.6 Å². The second-order valence-corrected chi connectivity index (χ2v) is 6.93. The first-order valence-corrected chi connectivity index (χ1v) is 9.40. The highest BCUT2D eigenvalue weighted by Crippen LogP contribution is 2.31.